The predicted molar refractivity (Wildman–Crippen MR) is 61.3 cm³/mol. The number of ether oxygens (including phenoxy) is 3. The first-order valence-electron chi connectivity index (χ1n) is 5.29. The zero-order chi connectivity index (χ0) is 12.5. The van der Waals surface area contributed by atoms with Gasteiger partial charge in [-0.2, -0.15) is 9.97 Å². The standard InChI is InChI=1S/C10H16N4O3/c1-10(2)16-5-6(17-10)4-15-8-3-7(11)13-9(12)14-8/h3,6H,4-5H2,1-2H3,(H4,11,12,13,14)/t6-/m0/s1. The van der Waals surface area contributed by atoms with Crippen molar-refractivity contribution in [2.45, 2.75) is 25.7 Å². The molecule has 0 aromatic carbocycles. The van der Waals surface area contributed by atoms with Crippen LogP contribution in [-0.2, 0) is 9.47 Å². The number of nitrogens with zero attached hydrogens (tertiary/aromatic N) is 2. The van der Waals surface area contributed by atoms with E-state index in [1.54, 1.807) is 0 Å². The lowest BCUT2D eigenvalue weighted by atomic mass is 10.4. The molecule has 7 heteroatoms. The number of hydrogen-bond acceptors (Lipinski definition) is 7. The van der Waals surface area contributed by atoms with E-state index in [-0.39, 0.29) is 17.9 Å². The fraction of sp³-hybridized carbons (Fsp3) is 0.600. The largest absolute Gasteiger partial charge is 0.475 e. The van der Waals surface area contributed by atoms with Crippen molar-refractivity contribution in [3.63, 3.8) is 0 Å². The first-order valence-corrected chi connectivity index (χ1v) is 5.29. The number of hydrogen-bond donors (Lipinski definition) is 2. The Bertz CT molecular complexity index is 390. The molecule has 4 N–H and O–H groups in total. The molecule has 0 aliphatic carbocycles. The molecule has 7 nitrogen and oxygen atoms in total. The summed E-state index contributed by atoms with van der Waals surface area (Å²) in [5.41, 5.74) is 11.0. The highest BCUT2D eigenvalue weighted by molar-refractivity contribution is 5.38. The van der Waals surface area contributed by atoms with Crippen LogP contribution < -0.4 is 16.2 Å². The topological polar surface area (TPSA) is 106 Å². The van der Waals surface area contributed by atoms with Crippen LogP contribution in [0.4, 0.5) is 11.8 Å². The molecule has 2 heterocycles. The van der Waals surface area contributed by atoms with Crippen LogP contribution >= 0.6 is 0 Å². The van der Waals surface area contributed by atoms with E-state index < -0.39 is 5.79 Å². The summed E-state index contributed by atoms with van der Waals surface area (Å²) in [6, 6.07) is 1.51. The highest BCUT2D eigenvalue weighted by Crippen LogP contribution is 2.23. The average Bonchev–Trinajstić information content (AvgIpc) is 2.54. The molecule has 0 bridgehead atoms. The van der Waals surface area contributed by atoms with Gasteiger partial charge in [0, 0.05) is 6.07 Å². The van der Waals surface area contributed by atoms with E-state index in [9.17, 15) is 0 Å². The Hall–Kier alpha value is -1.60. The molecule has 1 atom stereocenters. The second-order valence-electron chi connectivity index (χ2n) is 4.25. The molecule has 0 saturated carbocycles. The van der Waals surface area contributed by atoms with Crippen LogP contribution in [0.2, 0.25) is 0 Å². The fourth-order valence-corrected chi connectivity index (χ4v) is 1.56. The summed E-state index contributed by atoms with van der Waals surface area (Å²) < 4.78 is 16.4. The molecule has 1 fully saturated rings. The van der Waals surface area contributed by atoms with Crippen molar-refractivity contribution < 1.29 is 14.2 Å². The monoisotopic (exact) mass is 240 g/mol. The van der Waals surface area contributed by atoms with E-state index in [4.69, 9.17) is 25.7 Å². The van der Waals surface area contributed by atoms with Gasteiger partial charge in [-0.3, -0.25) is 0 Å². The van der Waals surface area contributed by atoms with E-state index in [1.165, 1.54) is 6.07 Å². The number of nitrogen functional groups attached to an aromatic ring is 2. The summed E-state index contributed by atoms with van der Waals surface area (Å²) in [4.78, 5) is 7.65. The Kier molecular flexibility index (Phi) is 3.03. The van der Waals surface area contributed by atoms with Gasteiger partial charge in [0.15, 0.2) is 5.79 Å². The molecule has 17 heavy (non-hydrogen) atoms. The van der Waals surface area contributed by atoms with Crippen LogP contribution in [0, 0.1) is 0 Å². The third-order valence-electron chi connectivity index (χ3n) is 2.22. The van der Waals surface area contributed by atoms with Crippen LogP contribution in [0.15, 0.2) is 6.07 Å². The minimum absolute atomic E-state index is 0.0870. The van der Waals surface area contributed by atoms with Crippen LogP contribution in [-0.4, -0.2) is 35.1 Å². The molecule has 1 saturated heterocycles. The molecular weight excluding hydrogens is 224 g/mol. The zero-order valence-electron chi connectivity index (χ0n) is 9.84. The highest BCUT2D eigenvalue weighted by Gasteiger charge is 2.33. The van der Waals surface area contributed by atoms with Gasteiger partial charge >= 0.3 is 0 Å². The molecular formula is C10H16N4O3. The average molecular weight is 240 g/mol. The summed E-state index contributed by atoms with van der Waals surface area (Å²) in [7, 11) is 0. The number of aromatic nitrogens is 2. The normalized spacial score (nSPS) is 22.6. The van der Waals surface area contributed by atoms with Crippen molar-refractivity contribution in [2.75, 3.05) is 24.7 Å². The number of anilines is 2. The van der Waals surface area contributed by atoms with E-state index in [0.29, 0.717) is 19.1 Å². The second kappa shape index (κ2) is 4.34. The Morgan fingerprint density at radius 1 is 1.47 bits per heavy atom. The van der Waals surface area contributed by atoms with Crippen molar-refractivity contribution >= 4 is 11.8 Å². The quantitative estimate of drug-likeness (QED) is 0.775. The summed E-state index contributed by atoms with van der Waals surface area (Å²) in [5, 5.41) is 0. The van der Waals surface area contributed by atoms with Gasteiger partial charge in [0.05, 0.1) is 6.61 Å². The Morgan fingerprint density at radius 2 is 2.24 bits per heavy atom. The molecule has 1 aromatic heterocycles. The lowest BCUT2D eigenvalue weighted by Crippen LogP contribution is -2.25. The Morgan fingerprint density at radius 3 is 2.82 bits per heavy atom. The van der Waals surface area contributed by atoms with Gasteiger partial charge in [0.25, 0.3) is 0 Å². The van der Waals surface area contributed by atoms with Crippen molar-refractivity contribution in [1.82, 2.24) is 9.97 Å². The van der Waals surface area contributed by atoms with Gasteiger partial charge in [-0.15, -0.1) is 0 Å². The van der Waals surface area contributed by atoms with Crippen LogP contribution in [0.25, 0.3) is 0 Å². The van der Waals surface area contributed by atoms with Gasteiger partial charge in [0.2, 0.25) is 11.8 Å². The third kappa shape index (κ3) is 3.18. The second-order valence-corrected chi connectivity index (χ2v) is 4.25. The summed E-state index contributed by atoms with van der Waals surface area (Å²) >= 11 is 0. The van der Waals surface area contributed by atoms with Gasteiger partial charge in [-0.05, 0) is 13.8 Å². The first kappa shape index (κ1) is 11.9. The van der Waals surface area contributed by atoms with E-state index in [2.05, 4.69) is 9.97 Å². The van der Waals surface area contributed by atoms with Gasteiger partial charge in [-0.25, -0.2) is 0 Å². The fourth-order valence-electron chi connectivity index (χ4n) is 1.56. The number of nitrogens with two attached hydrogens (primary N) is 2. The van der Waals surface area contributed by atoms with Crippen molar-refractivity contribution in [3.05, 3.63) is 6.07 Å². The lowest BCUT2D eigenvalue weighted by molar-refractivity contribution is -0.141. The minimum atomic E-state index is -0.558. The summed E-state index contributed by atoms with van der Waals surface area (Å²) in [5.74, 6) is 0.140. The van der Waals surface area contributed by atoms with Crippen LogP contribution in [0.5, 0.6) is 5.88 Å². The summed E-state index contributed by atoms with van der Waals surface area (Å²) in [6.45, 7) is 4.53. The van der Waals surface area contributed by atoms with Crippen molar-refractivity contribution in [1.29, 1.82) is 0 Å². The molecule has 1 aliphatic rings. The molecule has 1 aromatic rings. The SMILES string of the molecule is CC1(C)OC[C@H](COc2cc(N)nc(N)n2)O1. The lowest BCUT2D eigenvalue weighted by Gasteiger charge is -2.17. The van der Waals surface area contributed by atoms with Crippen LogP contribution in [0.1, 0.15) is 13.8 Å². The third-order valence-corrected chi connectivity index (χ3v) is 2.22. The van der Waals surface area contributed by atoms with E-state index in [0.717, 1.165) is 0 Å². The maximum absolute atomic E-state index is 5.58. The summed E-state index contributed by atoms with van der Waals surface area (Å²) in [6.07, 6.45) is -0.123. The predicted octanol–water partition coefficient (Wildman–Crippen LogP) is 0.171. The molecule has 1 aliphatic heterocycles. The number of rotatable bonds is 3. The van der Waals surface area contributed by atoms with Crippen molar-refractivity contribution in [2.24, 2.45) is 0 Å². The smallest absolute Gasteiger partial charge is 0.225 e. The molecule has 94 valence electrons. The van der Waals surface area contributed by atoms with E-state index >= 15 is 0 Å². The molecule has 0 spiro atoms. The van der Waals surface area contributed by atoms with Gasteiger partial charge in [0.1, 0.15) is 18.5 Å². The Labute approximate surface area is 99.1 Å². The first-order chi connectivity index (χ1) is 7.94. The molecule has 2 rings (SSSR count). The van der Waals surface area contributed by atoms with Gasteiger partial charge in [-0.1, -0.05) is 0 Å². The highest BCUT2D eigenvalue weighted by atomic mass is 16.7. The minimum Gasteiger partial charge on any atom is -0.475 e. The zero-order valence-corrected chi connectivity index (χ0v) is 9.84. The van der Waals surface area contributed by atoms with Crippen molar-refractivity contribution in [3.8, 4) is 5.88 Å². The molecule has 0 unspecified atom stereocenters. The maximum Gasteiger partial charge on any atom is 0.225 e. The Balaban J connectivity index is 1.90. The molecule has 0 radical (unpaired) electrons. The van der Waals surface area contributed by atoms with Crippen LogP contribution in [0.3, 0.4) is 0 Å². The molecule has 0 amide bonds. The van der Waals surface area contributed by atoms with Gasteiger partial charge < -0.3 is 25.7 Å². The van der Waals surface area contributed by atoms with E-state index in [1.807, 2.05) is 13.8 Å². The maximum atomic E-state index is 5.58.